The molecule has 0 aliphatic carbocycles. The van der Waals surface area contributed by atoms with Crippen molar-refractivity contribution in [3.63, 3.8) is 0 Å². The van der Waals surface area contributed by atoms with E-state index in [0.717, 1.165) is 17.1 Å². The van der Waals surface area contributed by atoms with Crippen LogP contribution in [0.5, 0.6) is 0 Å². The van der Waals surface area contributed by atoms with Gasteiger partial charge in [0.05, 0.1) is 40.9 Å². The molecular weight excluding hydrogens is 236 g/mol. The van der Waals surface area contributed by atoms with Crippen molar-refractivity contribution in [3.05, 3.63) is 46.5 Å². The summed E-state index contributed by atoms with van der Waals surface area (Å²) < 4.78 is 0. The smallest absolute Gasteiger partial charge is 0.0992 e. The maximum absolute atomic E-state index is 8.81. The predicted octanol–water partition coefficient (Wildman–Crippen LogP) is 2.86. The Morgan fingerprint density at radius 2 is 2.35 bits per heavy atom. The second-order valence-electron chi connectivity index (χ2n) is 3.63. The lowest BCUT2D eigenvalue weighted by molar-refractivity contribution is 1.05. The van der Waals surface area contributed by atoms with E-state index in [1.807, 2.05) is 6.92 Å². The van der Waals surface area contributed by atoms with Gasteiger partial charge >= 0.3 is 0 Å². The normalized spacial score (nSPS) is 9.94. The van der Waals surface area contributed by atoms with Gasteiger partial charge in [-0.25, -0.2) is 4.98 Å². The zero-order valence-electron chi connectivity index (χ0n) is 9.29. The van der Waals surface area contributed by atoms with Crippen LogP contribution in [0.3, 0.4) is 0 Å². The summed E-state index contributed by atoms with van der Waals surface area (Å²) in [4.78, 5) is 7.18. The molecule has 0 aliphatic heterocycles. The van der Waals surface area contributed by atoms with Gasteiger partial charge in [0.15, 0.2) is 0 Å². The summed E-state index contributed by atoms with van der Waals surface area (Å²) in [5.74, 6) is 0. The van der Waals surface area contributed by atoms with Crippen molar-refractivity contribution in [3.8, 4) is 6.07 Å². The average molecular weight is 247 g/mol. The molecule has 5 heteroatoms. The zero-order chi connectivity index (χ0) is 12.3. The van der Waals surface area contributed by atoms with Crippen molar-refractivity contribution in [2.45, 2.75) is 13.5 Å². The van der Waals surface area contributed by atoms with Gasteiger partial charge in [-0.05, 0) is 25.1 Å². The van der Waals surface area contributed by atoms with E-state index in [1.54, 1.807) is 24.5 Å². The van der Waals surface area contributed by atoms with Crippen molar-refractivity contribution in [1.29, 1.82) is 5.26 Å². The molecule has 4 nitrogen and oxygen atoms in total. The number of hydrogen-bond acceptors (Lipinski definition) is 3. The van der Waals surface area contributed by atoms with Crippen LogP contribution in [-0.2, 0) is 6.54 Å². The van der Waals surface area contributed by atoms with Crippen LogP contribution >= 0.6 is 11.6 Å². The first kappa shape index (κ1) is 11.5. The topological polar surface area (TPSA) is 64.5 Å². The van der Waals surface area contributed by atoms with Gasteiger partial charge in [0.2, 0.25) is 0 Å². The fourth-order valence-corrected chi connectivity index (χ4v) is 1.66. The van der Waals surface area contributed by atoms with Crippen molar-refractivity contribution in [2.24, 2.45) is 0 Å². The van der Waals surface area contributed by atoms with Crippen molar-refractivity contribution >= 4 is 17.3 Å². The zero-order valence-corrected chi connectivity index (χ0v) is 10.0. The Balaban J connectivity index is 2.14. The predicted molar refractivity (Wildman–Crippen MR) is 66.8 cm³/mol. The highest BCUT2D eigenvalue weighted by atomic mass is 35.5. The Bertz CT molecular complexity index is 568. The Kier molecular flexibility index (Phi) is 3.31. The molecule has 0 spiro atoms. The molecule has 0 amide bonds. The number of hydrogen-bond donors (Lipinski definition) is 2. The van der Waals surface area contributed by atoms with E-state index in [9.17, 15) is 0 Å². The molecule has 1 aromatic carbocycles. The number of halogens is 1. The summed E-state index contributed by atoms with van der Waals surface area (Å²) >= 11 is 6.03. The van der Waals surface area contributed by atoms with Gasteiger partial charge in [-0.1, -0.05) is 11.6 Å². The summed E-state index contributed by atoms with van der Waals surface area (Å²) in [7, 11) is 0. The lowest BCUT2D eigenvalue weighted by atomic mass is 10.2. The first-order valence-electron chi connectivity index (χ1n) is 5.13. The lowest BCUT2D eigenvalue weighted by Crippen LogP contribution is -2.02. The van der Waals surface area contributed by atoms with Crippen LogP contribution in [0, 0.1) is 18.3 Å². The van der Waals surface area contributed by atoms with Gasteiger partial charge in [0, 0.05) is 5.69 Å². The van der Waals surface area contributed by atoms with Crippen LogP contribution in [0.1, 0.15) is 17.0 Å². The number of H-pyrrole nitrogens is 1. The molecule has 0 aliphatic rings. The van der Waals surface area contributed by atoms with Crippen LogP contribution in [0.4, 0.5) is 5.69 Å². The van der Waals surface area contributed by atoms with E-state index in [0.29, 0.717) is 17.1 Å². The molecule has 1 heterocycles. The highest BCUT2D eigenvalue weighted by molar-refractivity contribution is 6.33. The van der Waals surface area contributed by atoms with E-state index >= 15 is 0 Å². The highest BCUT2D eigenvalue weighted by Gasteiger charge is 2.04. The highest BCUT2D eigenvalue weighted by Crippen LogP contribution is 2.23. The molecule has 0 unspecified atom stereocenters. The lowest BCUT2D eigenvalue weighted by Gasteiger charge is -2.07. The third-order valence-electron chi connectivity index (χ3n) is 2.48. The number of aromatic nitrogens is 2. The van der Waals surface area contributed by atoms with Gasteiger partial charge in [0.25, 0.3) is 0 Å². The second-order valence-corrected chi connectivity index (χ2v) is 4.04. The van der Waals surface area contributed by atoms with Gasteiger partial charge in [-0.3, -0.25) is 0 Å². The summed E-state index contributed by atoms with van der Waals surface area (Å²) in [6.45, 7) is 2.53. The summed E-state index contributed by atoms with van der Waals surface area (Å²) in [5.41, 5.74) is 3.28. The average Bonchev–Trinajstić information content (AvgIpc) is 2.74. The standard InChI is InChI=1S/C12H11ClN4/c1-8-12(17-7-16-8)6-15-11-4-9(5-14)2-3-10(11)13/h2-4,7,15H,6H2,1H3,(H,16,17). The molecule has 0 radical (unpaired) electrons. The summed E-state index contributed by atoms with van der Waals surface area (Å²) in [6.07, 6.45) is 1.65. The van der Waals surface area contributed by atoms with Gasteiger partial charge < -0.3 is 10.3 Å². The number of nitrogens with zero attached hydrogens (tertiary/aromatic N) is 2. The fraction of sp³-hybridized carbons (Fsp3) is 0.167. The first-order valence-corrected chi connectivity index (χ1v) is 5.51. The summed E-state index contributed by atoms with van der Waals surface area (Å²) in [5, 5.41) is 12.6. The van der Waals surface area contributed by atoms with E-state index in [4.69, 9.17) is 16.9 Å². The fourth-order valence-electron chi connectivity index (χ4n) is 1.47. The third kappa shape index (κ3) is 2.58. The molecule has 86 valence electrons. The van der Waals surface area contributed by atoms with Crippen LogP contribution in [0.25, 0.3) is 0 Å². The van der Waals surface area contributed by atoms with Crippen LogP contribution in [-0.4, -0.2) is 9.97 Å². The number of imidazole rings is 1. The molecule has 1 aromatic heterocycles. The van der Waals surface area contributed by atoms with Gasteiger partial charge in [-0.15, -0.1) is 0 Å². The van der Waals surface area contributed by atoms with E-state index < -0.39 is 0 Å². The molecule has 0 saturated carbocycles. The number of benzene rings is 1. The van der Waals surface area contributed by atoms with Crippen molar-refractivity contribution in [2.75, 3.05) is 5.32 Å². The molecule has 2 aromatic rings. The minimum atomic E-state index is 0.573. The molecule has 0 atom stereocenters. The number of nitriles is 1. The molecule has 0 fully saturated rings. The number of aryl methyl sites for hydroxylation is 1. The SMILES string of the molecule is Cc1[nH]cnc1CNc1cc(C#N)ccc1Cl. The van der Waals surface area contributed by atoms with Crippen molar-refractivity contribution in [1.82, 2.24) is 9.97 Å². The quantitative estimate of drug-likeness (QED) is 0.875. The van der Waals surface area contributed by atoms with E-state index in [-0.39, 0.29) is 0 Å². The number of aromatic amines is 1. The molecule has 17 heavy (non-hydrogen) atoms. The molecule has 2 rings (SSSR count). The summed E-state index contributed by atoms with van der Waals surface area (Å²) in [6, 6.07) is 7.20. The maximum atomic E-state index is 8.81. The monoisotopic (exact) mass is 246 g/mol. The number of rotatable bonds is 3. The van der Waals surface area contributed by atoms with E-state index in [2.05, 4.69) is 21.4 Å². The molecule has 0 saturated heterocycles. The Labute approximate surface area is 104 Å². The molecular formula is C12H11ClN4. The van der Waals surface area contributed by atoms with Gasteiger partial charge in [-0.2, -0.15) is 5.26 Å². The Morgan fingerprint density at radius 3 is 3.00 bits per heavy atom. The molecule has 0 bridgehead atoms. The first-order chi connectivity index (χ1) is 8.20. The van der Waals surface area contributed by atoms with Gasteiger partial charge in [0.1, 0.15) is 0 Å². The second kappa shape index (κ2) is 4.89. The minimum Gasteiger partial charge on any atom is -0.378 e. The van der Waals surface area contributed by atoms with Crippen LogP contribution in [0.2, 0.25) is 5.02 Å². The van der Waals surface area contributed by atoms with Crippen LogP contribution in [0.15, 0.2) is 24.5 Å². The van der Waals surface area contributed by atoms with E-state index in [1.165, 1.54) is 0 Å². The van der Waals surface area contributed by atoms with Crippen LogP contribution < -0.4 is 5.32 Å². The largest absolute Gasteiger partial charge is 0.378 e. The third-order valence-corrected chi connectivity index (χ3v) is 2.81. The minimum absolute atomic E-state index is 0.573. The number of anilines is 1. The maximum Gasteiger partial charge on any atom is 0.0992 e. The van der Waals surface area contributed by atoms with Crippen molar-refractivity contribution < 1.29 is 0 Å². The Morgan fingerprint density at radius 1 is 1.53 bits per heavy atom. The Hall–Kier alpha value is -1.99. The number of nitrogens with one attached hydrogen (secondary N) is 2. The molecule has 2 N–H and O–H groups in total.